The molecule has 1 aliphatic carbocycles. The summed E-state index contributed by atoms with van der Waals surface area (Å²) >= 11 is 18.7. The molecule has 2 aromatic rings. The molecule has 4 rings (SSSR count). The Bertz CT molecular complexity index is 978. The van der Waals surface area contributed by atoms with Gasteiger partial charge in [-0.3, -0.25) is 0 Å². The third kappa shape index (κ3) is 5.02. The van der Waals surface area contributed by atoms with Crippen LogP contribution in [0.3, 0.4) is 0 Å². The summed E-state index contributed by atoms with van der Waals surface area (Å²) in [4.78, 5) is 2.30. The molecule has 2 atom stereocenters. The van der Waals surface area contributed by atoms with Gasteiger partial charge < -0.3 is 4.90 Å². The minimum absolute atomic E-state index is 0.0947. The monoisotopic (exact) mass is 472 g/mol. The first-order valence-electron chi connectivity index (χ1n) is 9.79. The Kier molecular flexibility index (Phi) is 6.33. The van der Waals surface area contributed by atoms with Crippen LogP contribution in [0.25, 0.3) is 0 Å². The van der Waals surface area contributed by atoms with Gasteiger partial charge in [-0.05, 0) is 73.6 Å². The molecule has 2 fully saturated rings. The largest absolute Gasteiger partial charge is 0.364 e. The zero-order chi connectivity index (χ0) is 20.6. The van der Waals surface area contributed by atoms with Gasteiger partial charge in [0.05, 0.1) is 11.3 Å². The van der Waals surface area contributed by atoms with Crippen molar-refractivity contribution in [2.24, 2.45) is 5.92 Å². The zero-order valence-electron chi connectivity index (χ0n) is 15.8. The highest BCUT2D eigenvalue weighted by molar-refractivity contribution is 7.90. The zero-order valence-corrected chi connectivity index (χ0v) is 18.9. The molecule has 29 heavy (non-hydrogen) atoms. The first-order chi connectivity index (χ1) is 13.8. The minimum Gasteiger partial charge on any atom is -0.364 e. The van der Waals surface area contributed by atoms with E-state index in [1.54, 1.807) is 6.07 Å². The smallest absolute Gasteiger partial charge is 0.214 e. The first-order valence-corrected chi connectivity index (χ1v) is 12.5. The van der Waals surface area contributed by atoms with Gasteiger partial charge >= 0.3 is 0 Å². The van der Waals surface area contributed by atoms with Crippen LogP contribution in [0, 0.1) is 5.92 Å². The average molecular weight is 474 g/mol. The van der Waals surface area contributed by atoms with E-state index in [1.807, 2.05) is 36.4 Å². The molecule has 0 amide bonds. The summed E-state index contributed by atoms with van der Waals surface area (Å²) in [7, 11) is -3.17. The van der Waals surface area contributed by atoms with Crippen LogP contribution in [-0.2, 0) is 10.0 Å². The van der Waals surface area contributed by atoms with E-state index in [-0.39, 0.29) is 17.2 Å². The Hall–Kier alpha value is -0.980. The molecule has 8 heteroatoms. The number of piperidine rings is 1. The number of hydrogen-bond acceptors (Lipinski definition) is 3. The lowest BCUT2D eigenvalue weighted by molar-refractivity contribution is 0.358. The first kappa shape index (κ1) is 21.3. The van der Waals surface area contributed by atoms with Crippen LogP contribution in [0.2, 0.25) is 15.1 Å². The van der Waals surface area contributed by atoms with E-state index in [0.29, 0.717) is 21.6 Å². The lowest BCUT2D eigenvalue weighted by Crippen LogP contribution is -2.43. The molecule has 1 N–H and O–H groups in total. The van der Waals surface area contributed by atoms with Gasteiger partial charge in [0, 0.05) is 33.8 Å². The molecule has 2 aromatic carbocycles. The van der Waals surface area contributed by atoms with Crippen molar-refractivity contribution in [2.75, 3.05) is 18.0 Å². The van der Waals surface area contributed by atoms with E-state index in [2.05, 4.69) is 9.62 Å². The minimum atomic E-state index is -3.17. The predicted octanol–water partition coefficient (Wildman–Crippen LogP) is 5.69. The molecule has 0 unspecified atom stereocenters. The number of halogens is 3. The van der Waals surface area contributed by atoms with Crippen molar-refractivity contribution in [3.05, 3.63) is 63.1 Å². The van der Waals surface area contributed by atoms with Crippen LogP contribution in [0.1, 0.15) is 37.3 Å². The number of benzene rings is 2. The topological polar surface area (TPSA) is 49.4 Å². The van der Waals surface area contributed by atoms with E-state index >= 15 is 0 Å². The van der Waals surface area contributed by atoms with Gasteiger partial charge in [0.25, 0.3) is 0 Å². The predicted molar refractivity (Wildman–Crippen MR) is 121 cm³/mol. The van der Waals surface area contributed by atoms with Crippen molar-refractivity contribution >= 4 is 50.5 Å². The summed E-state index contributed by atoms with van der Waals surface area (Å²) in [5.74, 6) is 0.224. The second-order valence-electron chi connectivity index (χ2n) is 7.85. The van der Waals surface area contributed by atoms with Crippen molar-refractivity contribution in [1.29, 1.82) is 0 Å². The van der Waals surface area contributed by atoms with Crippen molar-refractivity contribution in [3.63, 3.8) is 0 Å². The fourth-order valence-corrected chi connectivity index (χ4v) is 6.08. The average Bonchev–Trinajstić information content (AvgIpc) is 3.53. The Morgan fingerprint density at radius 3 is 2.28 bits per heavy atom. The maximum Gasteiger partial charge on any atom is 0.214 e. The lowest BCUT2D eigenvalue weighted by atomic mass is 9.88. The highest BCUT2D eigenvalue weighted by Gasteiger charge is 2.37. The highest BCUT2D eigenvalue weighted by Crippen LogP contribution is 2.40. The molecular formula is C21H23Cl3N2O2S. The van der Waals surface area contributed by atoms with Crippen LogP contribution in [-0.4, -0.2) is 26.8 Å². The van der Waals surface area contributed by atoms with Gasteiger partial charge in [0.1, 0.15) is 0 Å². The Balaban J connectivity index is 1.56. The maximum atomic E-state index is 12.2. The second-order valence-corrected chi connectivity index (χ2v) is 11.2. The third-order valence-corrected chi connectivity index (χ3v) is 8.43. The van der Waals surface area contributed by atoms with Gasteiger partial charge in [-0.25, -0.2) is 13.1 Å². The molecule has 0 aromatic heterocycles. The van der Waals surface area contributed by atoms with Gasteiger partial charge in [-0.15, -0.1) is 0 Å². The molecule has 0 radical (unpaired) electrons. The maximum absolute atomic E-state index is 12.2. The van der Waals surface area contributed by atoms with E-state index in [1.165, 1.54) is 0 Å². The van der Waals surface area contributed by atoms with E-state index in [9.17, 15) is 8.42 Å². The van der Waals surface area contributed by atoms with Crippen LogP contribution in [0.5, 0.6) is 0 Å². The van der Waals surface area contributed by atoms with Crippen LogP contribution in [0.15, 0.2) is 42.5 Å². The summed E-state index contributed by atoms with van der Waals surface area (Å²) in [6.45, 7) is 1.20. The van der Waals surface area contributed by atoms with Crippen LogP contribution >= 0.6 is 34.8 Å². The van der Waals surface area contributed by atoms with Crippen molar-refractivity contribution in [2.45, 2.75) is 37.0 Å². The van der Waals surface area contributed by atoms with Crippen molar-refractivity contribution in [1.82, 2.24) is 4.72 Å². The van der Waals surface area contributed by atoms with Gasteiger partial charge in [0.2, 0.25) is 10.0 Å². The SMILES string of the molecule is O=S(=O)(NC[C@@H]1CC[C@@H](c2ccc(Cl)cc2Cl)N(c2ccc(Cl)cc2)C1)C1CC1. The number of anilines is 1. The van der Waals surface area contributed by atoms with E-state index in [4.69, 9.17) is 34.8 Å². The third-order valence-electron chi connectivity index (χ3n) is 5.70. The molecule has 4 nitrogen and oxygen atoms in total. The number of nitrogens with zero attached hydrogens (tertiary/aromatic N) is 1. The fourth-order valence-electron chi connectivity index (χ4n) is 3.96. The summed E-state index contributed by atoms with van der Waals surface area (Å²) in [6.07, 6.45) is 3.34. The van der Waals surface area contributed by atoms with Gasteiger partial charge in [-0.1, -0.05) is 40.9 Å². The number of sulfonamides is 1. The summed E-state index contributed by atoms with van der Waals surface area (Å²) in [5.41, 5.74) is 2.07. The quantitative estimate of drug-likeness (QED) is 0.586. The number of nitrogens with one attached hydrogen (secondary N) is 1. The Morgan fingerprint density at radius 2 is 1.62 bits per heavy atom. The van der Waals surface area contributed by atoms with E-state index in [0.717, 1.165) is 43.5 Å². The van der Waals surface area contributed by atoms with Crippen LogP contribution in [0.4, 0.5) is 5.69 Å². The van der Waals surface area contributed by atoms with E-state index < -0.39 is 10.0 Å². The molecule has 1 saturated carbocycles. The fraction of sp³-hybridized carbons (Fsp3) is 0.429. The summed E-state index contributed by atoms with van der Waals surface area (Å²) < 4.78 is 27.3. The molecular weight excluding hydrogens is 451 g/mol. The lowest BCUT2D eigenvalue weighted by Gasteiger charge is -2.42. The molecule has 156 valence electrons. The second kappa shape index (κ2) is 8.64. The normalized spacial score (nSPS) is 22.7. The molecule has 1 saturated heterocycles. The molecule has 2 aliphatic rings. The standard InChI is InChI=1S/C21H23Cl3N2O2S/c22-15-2-5-17(6-3-15)26-13-14(12-25-29(27,28)18-7-8-18)1-10-21(26)19-9-4-16(23)11-20(19)24/h2-6,9,11,14,18,21,25H,1,7-8,10,12-13H2/t14-,21-/m0/s1. The Labute approximate surface area is 187 Å². The number of hydrogen-bond donors (Lipinski definition) is 1. The molecule has 0 bridgehead atoms. The highest BCUT2D eigenvalue weighted by atomic mass is 35.5. The molecule has 1 heterocycles. The van der Waals surface area contributed by atoms with Gasteiger partial charge in [0.15, 0.2) is 0 Å². The molecule has 1 aliphatic heterocycles. The van der Waals surface area contributed by atoms with Gasteiger partial charge in [-0.2, -0.15) is 0 Å². The molecule has 0 spiro atoms. The van der Waals surface area contributed by atoms with Crippen LogP contribution < -0.4 is 9.62 Å². The number of rotatable bonds is 6. The van der Waals surface area contributed by atoms with Crippen molar-refractivity contribution < 1.29 is 8.42 Å². The summed E-state index contributed by atoms with van der Waals surface area (Å²) in [6, 6.07) is 13.4. The summed E-state index contributed by atoms with van der Waals surface area (Å²) in [5, 5.41) is 1.74. The van der Waals surface area contributed by atoms with Crippen molar-refractivity contribution in [3.8, 4) is 0 Å². The Morgan fingerprint density at radius 1 is 0.931 bits per heavy atom.